The number of nitrogens with one attached hydrogen (secondary N) is 1. The van der Waals surface area contributed by atoms with E-state index in [0.717, 1.165) is 25.8 Å². The van der Waals surface area contributed by atoms with Crippen molar-refractivity contribution in [1.29, 1.82) is 0 Å². The Morgan fingerprint density at radius 1 is 1.41 bits per heavy atom. The number of aryl methyl sites for hydroxylation is 1. The van der Waals surface area contributed by atoms with E-state index in [9.17, 15) is 0 Å². The number of thiophene rings is 1. The van der Waals surface area contributed by atoms with Gasteiger partial charge in [0, 0.05) is 23.7 Å². The van der Waals surface area contributed by atoms with Crippen molar-refractivity contribution in [2.45, 2.75) is 26.4 Å². The van der Waals surface area contributed by atoms with Crippen LogP contribution in [0.5, 0.6) is 0 Å². The molecule has 0 aliphatic carbocycles. The van der Waals surface area contributed by atoms with Gasteiger partial charge in [0.1, 0.15) is 0 Å². The smallest absolute Gasteiger partial charge is 0.0991 e. The lowest BCUT2D eigenvalue weighted by Gasteiger charge is -2.11. The first-order valence-electron chi connectivity index (χ1n) is 5.15. The third kappa shape index (κ3) is 3.42. The van der Waals surface area contributed by atoms with Gasteiger partial charge in [-0.3, -0.25) is 0 Å². The molecule has 1 N–H and O–H groups in total. The van der Waals surface area contributed by atoms with Crippen molar-refractivity contribution in [3.63, 3.8) is 0 Å². The molecule has 2 heterocycles. The van der Waals surface area contributed by atoms with Gasteiger partial charge in [-0.05, 0) is 25.5 Å². The van der Waals surface area contributed by atoms with Gasteiger partial charge in [-0.25, -0.2) is 4.98 Å². The van der Waals surface area contributed by atoms with Crippen LogP contribution in [0, 0.1) is 6.92 Å². The Hall–Kier alpha value is -0.130. The third-order valence-electron chi connectivity index (χ3n) is 2.40. The van der Waals surface area contributed by atoms with Crippen molar-refractivity contribution in [3.05, 3.63) is 36.4 Å². The molecule has 0 aromatic carbocycles. The van der Waals surface area contributed by atoms with E-state index in [0.29, 0.717) is 0 Å². The Kier molecular flexibility index (Phi) is 4.44. The van der Waals surface area contributed by atoms with Gasteiger partial charge >= 0.3 is 0 Å². The minimum atomic E-state index is 0.189. The van der Waals surface area contributed by atoms with E-state index in [1.54, 1.807) is 11.3 Å². The van der Waals surface area contributed by atoms with E-state index in [1.165, 1.54) is 16.2 Å². The Bertz CT molecular complexity index is 507. The predicted octanol–water partition coefficient (Wildman–Crippen LogP) is 4.67. The van der Waals surface area contributed by atoms with E-state index < -0.39 is 0 Å². The second-order valence-electron chi connectivity index (χ2n) is 3.73. The molecule has 0 amide bonds. The number of thiazole rings is 1. The molecular formula is C11H12Cl2N2S2. The molecule has 2 rings (SSSR count). The van der Waals surface area contributed by atoms with Crippen LogP contribution in [0.15, 0.2) is 12.3 Å². The monoisotopic (exact) mass is 306 g/mol. The average Bonchev–Trinajstić information content (AvgIpc) is 2.81. The molecule has 0 radical (unpaired) electrons. The normalized spacial score (nSPS) is 12.9. The Labute approximate surface area is 119 Å². The molecule has 2 aromatic rings. The first-order chi connectivity index (χ1) is 8.06. The second-order valence-corrected chi connectivity index (χ2v) is 7.33. The van der Waals surface area contributed by atoms with Crippen molar-refractivity contribution in [1.82, 2.24) is 10.3 Å². The van der Waals surface area contributed by atoms with Crippen LogP contribution in [0.2, 0.25) is 8.67 Å². The highest BCUT2D eigenvalue weighted by molar-refractivity contribution is 7.20. The quantitative estimate of drug-likeness (QED) is 0.888. The lowest BCUT2D eigenvalue weighted by molar-refractivity contribution is 0.580. The van der Waals surface area contributed by atoms with Crippen LogP contribution in [0.25, 0.3) is 0 Å². The zero-order valence-electron chi connectivity index (χ0n) is 9.46. The zero-order valence-corrected chi connectivity index (χ0v) is 12.6. The van der Waals surface area contributed by atoms with Gasteiger partial charge in [-0.15, -0.1) is 22.7 Å². The number of halogens is 2. The second kappa shape index (κ2) is 5.67. The molecule has 2 nitrogen and oxygen atoms in total. The molecule has 0 bridgehead atoms. The Balaban J connectivity index is 1.97. The van der Waals surface area contributed by atoms with Crippen molar-refractivity contribution < 1.29 is 0 Å². The van der Waals surface area contributed by atoms with Crippen LogP contribution in [0.4, 0.5) is 0 Å². The molecule has 0 fully saturated rings. The summed E-state index contributed by atoms with van der Waals surface area (Å²) < 4.78 is 1.49. The molecule has 6 heteroatoms. The van der Waals surface area contributed by atoms with Gasteiger partial charge in [0.2, 0.25) is 0 Å². The van der Waals surface area contributed by atoms with Crippen molar-refractivity contribution in [2.24, 2.45) is 0 Å². The summed E-state index contributed by atoms with van der Waals surface area (Å²) in [5.41, 5.74) is 1.06. The fraction of sp³-hybridized carbons (Fsp3) is 0.364. The van der Waals surface area contributed by atoms with Gasteiger partial charge in [0.25, 0.3) is 0 Å². The maximum Gasteiger partial charge on any atom is 0.0991 e. The number of nitrogens with zero attached hydrogens (tertiary/aromatic N) is 1. The van der Waals surface area contributed by atoms with Crippen molar-refractivity contribution in [2.75, 3.05) is 0 Å². The molecule has 1 atom stereocenters. The maximum absolute atomic E-state index is 6.11. The fourth-order valence-electron chi connectivity index (χ4n) is 1.50. The van der Waals surface area contributed by atoms with Crippen LogP contribution in [0.1, 0.15) is 28.4 Å². The van der Waals surface area contributed by atoms with Crippen molar-refractivity contribution in [3.8, 4) is 0 Å². The van der Waals surface area contributed by atoms with Crippen LogP contribution >= 0.6 is 45.9 Å². The SMILES string of the molecule is Cc1ncc(CNC(C)c2cc(Cl)sc2Cl)s1. The third-order valence-corrected chi connectivity index (χ3v) is 4.83. The molecule has 2 aromatic heterocycles. The largest absolute Gasteiger partial charge is 0.305 e. The van der Waals surface area contributed by atoms with Crippen LogP contribution in [-0.2, 0) is 6.54 Å². The summed E-state index contributed by atoms with van der Waals surface area (Å²) in [5, 5.41) is 4.51. The predicted molar refractivity (Wildman–Crippen MR) is 76.4 cm³/mol. The summed E-state index contributed by atoms with van der Waals surface area (Å²) in [7, 11) is 0. The Morgan fingerprint density at radius 2 is 2.18 bits per heavy atom. The van der Waals surface area contributed by atoms with E-state index in [2.05, 4.69) is 17.2 Å². The standard InChI is InChI=1S/C11H12Cl2N2S2/c1-6(9-3-10(12)17-11(9)13)14-4-8-5-15-7(2)16-8/h3,5-6,14H,4H2,1-2H3. The van der Waals surface area contributed by atoms with E-state index >= 15 is 0 Å². The summed E-state index contributed by atoms with van der Waals surface area (Å²) in [6.45, 7) is 4.89. The summed E-state index contributed by atoms with van der Waals surface area (Å²) in [5.74, 6) is 0. The maximum atomic E-state index is 6.11. The van der Waals surface area contributed by atoms with Gasteiger partial charge in [0.05, 0.1) is 13.7 Å². The van der Waals surface area contributed by atoms with Crippen LogP contribution in [-0.4, -0.2) is 4.98 Å². The first-order valence-corrected chi connectivity index (χ1v) is 7.54. The minimum absolute atomic E-state index is 0.189. The van der Waals surface area contributed by atoms with Crippen molar-refractivity contribution >= 4 is 45.9 Å². The van der Waals surface area contributed by atoms with Gasteiger partial charge < -0.3 is 5.32 Å². The highest BCUT2D eigenvalue weighted by Crippen LogP contribution is 2.34. The molecule has 92 valence electrons. The fourth-order valence-corrected chi connectivity index (χ4v) is 3.89. The number of hydrogen-bond donors (Lipinski definition) is 1. The lowest BCUT2D eigenvalue weighted by atomic mass is 10.2. The van der Waals surface area contributed by atoms with E-state index in [1.807, 2.05) is 19.2 Å². The molecule has 0 aliphatic rings. The van der Waals surface area contributed by atoms with Gasteiger partial charge in [0.15, 0.2) is 0 Å². The number of aromatic nitrogens is 1. The van der Waals surface area contributed by atoms with Crippen LogP contribution in [0.3, 0.4) is 0 Å². The highest BCUT2D eigenvalue weighted by Gasteiger charge is 2.13. The van der Waals surface area contributed by atoms with Gasteiger partial charge in [-0.2, -0.15) is 0 Å². The summed E-state index contributed by atoms with van der Waals surface area (Å²) >= 11 is 15.1. The topological polar surface area (TPSA) is 24.9 Å². The molecule has 0 spiro atoms. The zero-order chi connectivity index (χ0) is 12.4. The molecule has 0 aliphatic heterocycles. The average molecular weight is 307 g/mol. The minimum Gasteiger partial charge on any atom is -0.305 e. The molecule has 1 unspecified atom stereocenters. The molecule has 0 saturated carbocycles. The number of rotatable bonds is 4. The molecular weight excluding hydrogens is 295 g/mol. The molecule has 17 heavy (non-hydrogen) atoms. The van der Waals surface area contributed by atoms with E-state index in [4.69, 9.17) is 23.2 Å². The lowest BCUT2D eigenvalue weighted by Crippen LogP contribution is -2.17. The number of hydrogen-bond acceptors (Lipinski definition) is 4. The molecule has 0 saturated heterocycles. The van der Waals surface area contributed by atoms with Crippen LogP contribution < -0.4 is 5.32 Å². The Morgan fingerprint density at radius 3 is 2.71 bits per heavy atom. The first kappa shape index (κ1) is 13.3. The van der Waals surface area contributed by atoms with E-state index in [-0.39, 0.29) is 6.04 Å². The summed E-state index contributed by atoms with van der Waals surface area (Å²) in [6.07, 6.45) is 1.90. The highest BCUT2D eigenvalue weighted by atomic mass is 35.5. The summed E-state index contributed by atoms with van der Waals surface area (Å²) in [4.78, 5) is 5.45. The summed E-state index contributed by atoms with van der Waals surface area (Å²) in [6, 6.07) is 2.11. The van der Waals surface area contributed by atoms with Gasteiger partial charge in [-0.1, -0.05) is 23.2 Å².